The van der Waals surface area contributed by atoms with Gasteiger partial charge in [-0.05, 0) is 36.1 Å². The molecule has 3 heteroatoms. The first-order valence-electron chi connectivity index (χ1n) is 5.15. The van der Waals surface area contributed by atoms with Gasteiger partial charge in [-0.25, -0.2) is 0 Å². The van der Waals surface area contributed by atoms with Gasteiger partial charge < -0.3 is 14.9 Å². The predicted octanol–water partition coefficient (Wildman–Crippen LogP) is 0.864. The lowest BCUT2D eigenvalue weighted by Crippen LogP contribution is -2.31. The summed E-state index contributed by atoms with van der Waals surface area (Å²) in [6.45, 7) is 0.00561. The maximum Gasteiger partial charge on any atom is 0.119 e. The van der Waals surface area contributed by atoms with E-state index in [9.17, 15) is 10.2 Å². The van der Waals surface area contributed by atoms with E-state index >= 15 is 0 Å². The fourth-order valence-electron chi connectivity index (χ4n) is 2.31. The van der Waals surface area contributed by atoms with Crippen molar-refractivity contribution in [3.8, 4) is 5.75 Å². The predicted molar refractivity (Wildman–Crippen MR) is 57.2 cm³/mol. The molecule has 0 unspecified atom stereocenters. The van der Waals surface area contributed by atoms with Gasteiger partial charge in [0.1, 0.15) is 5.75 Å². The first-order valence-corrected chi connectivity index (χ1v) is 5.15. The van der Waals surface area contributed by atoms with Crippen molar-refractivity contribution in [1.29, 1.82) is 0 Å². The van der Waals surface area contributed by atoms with Crippen LogP contribution in [0.3, 0.4) is 0 Å². The van der Waals surface area contributed by atoms with E-state index < -0.39 is 5.41 Å². The second kappa shape index (κ2) is 3.83. The van der Waals surface area contributed by atoms with Gasteiger partial charge in [0.05, 0.1) is 20.3 Å². The van der Waals surface area contributed by atoms with Crippen LogP contribution in [-0.4, -0.2) is 30.5 Å². The largest absolute Gasteiger partial charge is 0.497 e. The van der Waals surface area contributed by atoms with Gasteiger partial charge in [-0.2, -0.15) is 0 Å². The van der Waals surface area contributed by atoms with E-state index in [1.54, 1.807) is 7.11 Å². The molecular weight excluding hydrogens is 192 g/mol. The topological polar surface area (TPSA) is 49.7 Å². The molecule has 2 rings (SSSR count). The quantitative estimate of drug-likeness (QED) is 0.774. The van der Waals surface area contributed by atoms with Gasteiger partial charge in [0, 0.05) is 5.41 Å². The molecule has 1 aromatic rings. The number of ether oxygens (including phenoxy) is 1. The van der Waals surface area contributed by atoms with Crippen molar-refractivity contribution in [2.75, 3.05) is 20.3 Å². The zero-order valence-electron chi connectivity index (χ0n) is 8.86. The third-order valence-corrected chi connectivity index (χ3v) is 3.36. The van der Waals surface area contributed by atoms with E-state index in [0.29, 0.717) is 0 Å². The summed E-state index contributed by atoms with van der Waals surface area (Å²) in [4.78, 5) is 0. The molecule has 1 aliphatic rings. The molecule has 3 nitrogen and oxygen atoms in total. The van der Waals surface area contributed by atoms with Gasteiger partial charge in [0.15, 0.2) is 0 Å². The molecule has 0 amide bonds. The molecule has 0 fully saturated rings. The molecule has 1 aromatic carbocycles. The third-order valence-electron chi connectivity index (χ3n) is 3.36. The summed E-state index contributed by atoms with van der Waals surface area (Å²) in [7, 11) is 1.64. The zero-order valence-corrected chi connectivity index (χ0v) is 8.86. The van der Waals surface area contributed by atoms with Crippen LogP contribution in [0.5, 0.6) is 5.75 Å². The van der Waals surface area contributed by atoms with Crippen LogP contribution in [0.25, 0.3) is 0 Å². The van der Waals surface area contributed by atoms with E-state index in [4.69, 9.17) is 4.74 Å². The molecule has 0 saturated carbocycles. The Labute approximate surface area is 89.3 Å². The first-order chi connectivity index (χ1) is 7.25. The standard InChI is InChI=1S/C12H16O3/c1-15-10-2-3-11-9(6-10)4-5-12(11,7-13)8-14/h2-3,6,13-14H,4-5,7-8H2,1H3. The highest BCUT2D eigenvalue weighted by atomic mass is 16.5. The van der Waals surface area contributed by atoms with Crippen molar-refractivity contribution < 1.29 is 14.9 Å². The van der Waals surface area contributed by atoms with Crippen LogP contribution in [0.2, 0.25) is 0 Å². The lowest BCUT2D eigenvalue weighted by molar-refractivity contribution is 0.117. The molecule has 0 aromatic heterocycles. The Bertz CT molecular complexity index is 356. The van der Waals surface area contributed by atoms with Gasteiger partial charge in [-0.15, -0.1) is 0 Å². The maximum absolute atomic E-state index is 9.40. The van der Waals surface area contributed by atoms with Crippen molar-refractivity contribution in [2.45, 2.75) is 18.3 Å². The lowest BCUT2D eigenvalue weighted by Gasteiger charge is -2.25. The number of hydrogen-bond donors (Lipinski definition) is 2. The molecule has 15 heavy (non-hydrogen) atoms. The SMILES string of the molecule is COc1ccc2c(c1)CCC2(CO)CO. The molecule has 0 heterocycles. The third kappa shape index (κ3) is 1.52. The van der Waals surface area contributed by atoms with E-state index in [1.807, 2.05) is 18.2 Å². The second-order valence-corrected chi connectivity index (χ2v) is 4.12. The summed E-state index contributed by atoms with van der Waals surface area (Å²) in [6, 6.07) is 5.82. The molecule has 82 valence electrons. The number of fused-ring (bicyclic) bond motifs is 1. The van der Waals surface area contributed by atoms with Gasteiger partial charge in [-0.1, -0.05) is 6.07 Å². The van der Waals surface area contributed by atoms with E-state index in [0.717, 1.165) is 24.2 Å². The molecule has 0 spiro atoms. The Morgan fingerprint density at radius 2 is 2.07 bits per heavy atom. The van der Waals surface area contributed by atoms with Crippen LogP contribution in [0.15, 0.2) is 18.2 Å². The summed E-state index contributed by atoms with van der Waals surface area (Å²) >= 11 is 0. The van der Waals surface area contributed by atoms with Crippen molar-refractivity contribution in [2.24, 2.45) is 0 Å². The number of methoxy groups -OCH3 is 1. The van der Waals surface area contributed by atoms with E-state index in [2.05, 4.69) is 0 Å². The Morgan fingerprint density at radius 3 is 2.67 bits per heavy atom. The summed E-state index contributed by atoms with van der Waals surface area (Å²) < 4.78 is 5.15. The highest BCUT2D eigenvalue weighted by molar-refractivity contribution is 5.44. The Morgan fingerprint density at radius 1 is 1.33 bits per heavy atom. The Kier molecular flexibility index (Phi) is 2.67. The summed E-state index contributed by atoms with van der Waals surface area (Å²) in [6.07, 6.45) is 1.70. The van der Waals surface area contributed by atoms with Crippen LogP contribution >= 0.6 is 0 Å². The molecule has 2 N–H and O–H groups in total. The van der Waals surface area contributed by atoms with E-state index in [-0.39, 0.29) is 13.2 Å². The number of rotatable bonds is 3. The fraction of sp³-hybridized carbons (Fsp3) is 0.500. The number of benzene rings is 1. The first kappa shape index (κ1) is 10.5. The molecule has 0 saturated heterocycles. The minimum Gasteiger partial charge on any atom is -0.497 e. The van der Waals surface area contributed by atoms with Gasteiger partial charge in [-0.3, -0.25) is 0 Å². The summed E-state index contributed by atoms with van der Waals surface area (Å²) in [5.74, 6) is 0.834. The normalized spacial score (nSPS) is 17.5. The monoisotopic (exact) mass is 208 g/mol. The number of aliphatic hydroxyl groups excluding tert-OH is 2. The average molecular weight is 208 g/mol. The number of aryl methyl sites for hydroxylation is 1. The molecular formula is C12H16O3. The van der Waals surface area contributed by atoms with Crippen LogP contribution in [0, 0.1) is 0 Å². The Hall–Kier alpha value is -1.06. The van der Waals surface area contributed by atoms with E-state index in [1.165, 1.54) is 5.56 Å². The van der Waals surface area contributed by atoms with Crippen LogP contribution in [0.1, 0.15) is 17.5 Å². The highest BCUT2D eigenvalue weighted by Gasteiger charge is 2.37. The van der Waals surface area contributed by atoms with Gasteiger partial charge in [0.25, 0.3) is 0 Å². The second-order valence-electron chi connectivity index (χ2n) is 4.12. The van der Waals surface area contributed by atoms with Crippen LogP contribution in [0.4, 0.5) is 0 Å². The van der Waals surface area contributed by atoms with Crippen LogP contribution in [-0.2, 0) is 11.8 Å². The van der Waals surface area contributed by atoms with Gasteiger partial charge in [0.2, 0.25) is 0 Å². The number of hydrogen-bond acceptors (Lipinski definition) is 3. The molecule has 1 aliphatic carbocycles. The molecule has 0 aliphatic heterocycles. The molecule has 0 radical (unpaired) electrons. The zero-order chi connectivity index (χ0) is 10.9. The molecule has 0 atom stereocenters. The number of aliphatic hydroxyl groups is 2. The van der Waals surface area contributed by atoms with Crippen molar-refractivity contribution in [3.63, 3.8) is 0 Å². The van der Waals surface area contributed by atoms with Crippen LogP contribution < -0.4 is 4.74 Å². The Balaban J connectivity index is 2.43. The maximum atomic E-state index is 9.40. The fourth-order valence-corrected chi connectivity index (χ4v) is 2.31. The van der Waals surface area contributed by atoms with Crippen molar-refractivity contribution >= 4 is 0 Å². The van der Waals surface area contributed by atoms with Crippen molar-refractivity contribution in [3.05, 3.63) is 29.3 Å². The summed E-state index contributed by atoms with van der Waals surface area (Å²) in [5, 5.41) is 18.8. The summed E-state index contributed by atoms with van der Waals surface area (Å²) in [5.41, 5.74) is 1.80. The minimum atomic E-state index is -0.443. The average Bonchev–Trinajstić information content (AvgIpc) is 2.67. The molecule has 0 bridgehead atoms. The lowest BCUT2D eigenvalue weighted by atomic mass is 9.84. The van der Waals surface area contributed by atoms with Gasteiger partial charge >= 0.3 is 0 Å². The smallest absolute Gasteiger partial charge is 0.119 e. The minimum absolute atomic E-state index is 0.00281. The van der Waals surface area contributed by atoms with Crippen molar-refractivity contribution in [1.82, 2.24) is 0 Å². The highest BCUT2D eigenvalue weighted by Crippen LogP contribution is 2.39.